The van der Waals surface area contributed by atoms with Crippen LogP contribution < -0.4 is 5.73 Å². The van der Waals surface area contributed by atoms with E-state index in [4.69, 9.17) is 5.73 Å². The number of nitrogens with two attached hydrogens (primary N) is 1. The van der Waals surface area contributed by atoms with Crippen molar-refractivity contribution in [1.82, 2.24) is 4.90 Å². The summed E-state index contributed by atoms with van der Waals surface area (Å²) in [5, 5.41) is 0. The maximum Gasteiger partial charge on any atom is 0.255 e. The molecule has 1 aromatic rings. The molecule has 4 rings (SSSR count). The minimum Gasteiger partial charge on any atom is -0.334 e. The van der Waals surface area contributed by atoms with Crippen LogP contribution in [0.5, 0.6) is 0 Å². The van der Waals surface area contributed by atoms with Gasteiger partial charge in [0, 0.05) is 30.6 Å². The molecule has 0 aromatic heterocycles. The molecule has 22 heavy (non-hydrogen) atoms. The lowest BCUT2D eigenvalue weighted by Gasteiger charge is -2.27. The largest absolute Gasteiger partial charge is 0.334 e. The Morgan fingerprint density at radius 2 is 2.23 bits per heavy atom. The minimum absolute atomic E-state index is 0.114. The maximum atomic E-state index is 13.0. The number of hydrogen-bond acceptors (Lipinski definition) is 2. The lowest BCUT2D eigenvalue weighted by atomic mass is 10.0. The van der Waals surface area contributed by atoms with Crippen LogP contribution in [0.2, 0.25) is 0 Å². The second-order valence-electron chi connectivity index (χ2n) is 7.01. The number of fused-ring (bicyclic) bond motifs is 1. The molecule has 0 unspecified atom stereocenters. The van der Waals surface area contributed by atoms with Crippen LogP contribution >= 0.6 is 0 Å². The highest BCUT2D eigenvalue weighted by Crippen LogP contribution is 2.49. The summed E-state index contributed by atoms with van der Waals surface area (Å²) in [6.45, 7) is 3.49. The lowest BCUT2D eigenvalue weighted by Crippen LogP contribution is -2.43. The molecule has 0 spiro atoms. The van der Waals surface area contributed by atoms with E-state index in [1.54, 1.807) is 0 Å². The fourth-order valence-corrected chi connectivity index (χ4v) is 3.62. The Balaban J connectivity index is 1.64. The highest BCUT2D eigenvalue weighted by Gasteiger charge is 2.53. The molecular formula is C19H22N2O. The number of aryl methyl sites for hydroxylation is 1. The van der Waals surface area contributed by atoms with Gasteiger partial charge < -0.3 is 10.6 Å². The topological polar surface area (TPSA) is 46.3 Å². The predicted molar refractivity (Wildman–Crippen MR) is 86.3 cm³/mol. The molecule has 2 aliphatic carbocycles. The maximum absolute atomic E-state index is 13.0. The van der Waals surface area contributed by atoms with Crippen LogP contribution in [-0.2, 0) is 0 Å². The van der Waals surface area contributed by atoms with Gasteiger partial charge in [-0.3, -0.25) is 4.79 Å². The number of likely N-dealkylation sites (tertiary alicyclic amines) is 1. The number of nitrogens with zero attached hydrogens (tertiary/aromatic N) is 1. The third kappa shape index (κ3) is 2.42. The average molecular weight is 294 g/mol. The van der Waals surface area contributed by atoms with Gasteiger partial charge in [0.05, 0.1) is 5.56 Å². The summed E-state index contributed by atoms with van der Waals surface area (Å²) in [6, 6.07) is 6.20. The summed E-state index contributed by atoms with van der Waals surface area (Å²) in [5.74, 6) is 8.51. The normalized spacial score (nSPS) is 28.8. The van der Waals surface area contributed by atoms with Crippen molar-refractivity contribution in [1.29, 1.82) is 0 Å². The fourth-order valence-electron chi connectivity index (χ4n) is 3.62. The molecule has 3 fully saturated rings. The van der Waals surface area contributed by atoms with E-state index in [1.165, 1.54) is 19.3 Å². The molecule has 3 heteroatoms. The van der Waals surface area contributed by atoms with E-state index < -0.39 is 0 Å². The van der Waals surface area contributed by atoms with Gasteiger partial charge in [0.1, 0.15) is 0 Å². The standard InChI is InChI=1S/C19H22N2O/c1-12-2-7-16(14(8-12)6-5-13-3-4-13)19(22)21-11-15-9-17(15)18(21)10-20/h2,7-8,13,15,17-18H,3-4,9-11,20H2,1H3/t15-,17-,18-/m1/s1. The molecule has 2 N–H and O–H groups in total. The zero-order valence-electron chi connectivity index (χ0n) is 13.0. The molecule has 2 saturated carbocycles. The molecule has 3 aliphatic rings. The van der Waals surface area contributed by atoms with Gasteiger partial charge >= 0.3 is 0 Å². The van der Waals surface area contributed by atoms with Gasteiger partial charge in [0.25, 0.3) is 5.91 Å². The van der Waals surface area contributed by atoms with Gasteiger partial charge in [0.15, 0.2) is 0 Å². The smallest absolute Gasteiger partial charge is 0.255 e. The van der Waals surface area contributed by atoms with Gasteiger partial charge in [-0.2, -0.15) is 0 Å². The first kappa shape index (κ1) is 13.8. The van der Waals surface area contributed by atoms with Crippen LogP contribution in [-0.4, -0.2) is 29.9 Å². The Kier molecular flexibility index (Phi) is 3.23. The van der Waals surface area contributed by atoms with Crippen molar-refractivity contribution in [3.8, 4) is 11.8 Å². The van der Waals surface area contributed by atoms with E-state index in [9.17, 15) is 4.79 Å². The summed E-state index contributed by atoms with van der Waals surface area (Å²) in [5.41, 5.74) is 8.68. The zero-order chi connectivity index (χ0) is 15.3. The van der Waals surface area contributed by atoms with Crippen molar-refractivity contribution in [3.63, 3.8) is 0 Å². The van der Waals surface area contributed by atoms with Crippen molar-refractivity contribution in [2.75, 3.05) is 13.1 Å². The molecule has 3 nitrogen and oxygen atoms in total. The SMILES string of the molecule is Cc1ccc(C(=O)N2C[C@H]3C[C@H]3[C@H]2CN)c(C#CC2CC2)c1. The van der Waals surface area contributed by atoms with Gasteiger partial charge in [-0.1, -0.05) is 17.9 Å². The number of hydrogen-bond donors (Lipinski definition) is 1. The van der Waals surface area contributed by atoms with Gasteiger partial charge in [0.2, 0.25) is 0 Å². The van der Waals surface area contributed by atoms with Crippen molar-refractivity contribution < 1.29 is 4.79 Å². The van der Waals surface area contributed by atoms with Crippen molar-refractivity contribution in [2.45, 2.75) is 32.2 Å². The van der Waals surface area contributed by atoms with Crippen molar-refractivity contribution in [3.05, 3.63) is 34.9 Å². The second kappa shape index (κ2) is 5.14. The van der Waals surface area contributed by atoms with Crippen LogP contribution in [0, 0.1) is 36.5 Å². The van der Waals surface area contributed by atoms with E-state index in [0.29, 0.717) is 24.3 Å². The summed E-state index contributed by atoms with van der Waals surface area (Å²) in [6.07, 6.45) is 3.65. The van der Waals surface area contributed by atoms with E-state index in [1.807, 2.05) is 30.0 Å². The molecule has 1 saturated heterocycles. The van der Waals surface area contributed by atoms with Crippen LogP contribution in [0.15, 0.2) is 18.2 Å². The first-order valence-corrected chi connectivity index (χ1v) is 8.30. The Labute approximate surface area is 131 Å². The highest BCUT2D eigenvalue weighted by molar-refractivity contribution is 5.97. The van der Waals surface area contributed by atoms with Crippen LogP contribution in [0.4, 0.5) is 0 Å². The minimum atomic E-state index is 0.114. The first-order chi connectivity index (χ1) is 10.7. The predicted octanol–water partition coefficient (Wildman–Crippen LogP) is 2.18. The van der Waals surface area contributed by atoms with Crippen molar-refractivity contribution in [2.24, 2.45) is 23.5 Å². The van der Waals surface area contributed by atoms with E-state index in [0.717, 1.165) is 23.2 Å². The number of piperidine rings is 1. The number of carbonyl (C=O) groups is 1. The van der Waals surface area contributed by atoms with Crippen LogP contribution in [0.25, 0.3) is 0 Å². The van der Waals surface area contributed by atoms with Gasteiger partial charge in [-0.15, -0.1) is 0 Å². The van der Waals surface area contributed by atoms with E-state index in [-0.39, 0.29) is 11.9 Å². The summed E-state index contributed by atoms with van der Waals surface area (Å²) in [7, 11) is 0. The van der Waals surface area contributed by atoms with Crippen molar-refractivity contribution >= 4 is 5.91 Å². The Morgan fingerprint density at radius 1 is 1.41 bits per heavy atom. The monoisotopic (exact) mass is 294 g/mol. The second-order valence-corrected chi connectivity index (χ2v) is 7.01. The molecule has 1 heterocycles. The number of carbonyl (C=O) groups excluding carboxylic acids is 1. The molecule has 1 amide bonds. The van der Waals surface area contributed by atoms with Crippen LogP contribution in [0.3, 0.4) is 0 Å². The van der Waals surface area contributed by atoms with Crippen LogP contribution in [0.1, 0.15) is 40.7 Å². The molecule has 0 bridgehead atoms. The molecule has 114 valence electrons. The average Bonchev–Trinajstić information content (AvgIpc) is 3.43. The summed E-state index contributed by atoms with van der Waals surface area (Å²) >= 11 is 0. The number of benzene rings is 1. The van der Waals surface area contributed by atoms with E-state index in [2.05, 4.69) is 11.8 Å². The molecule has 1 aromatic carbocycles. The highest BCUT2D eigenvalue weighted by atomic mass is 16.2. The lowest BCUT2D eigenvalue weighted by molar-refractivity contribution is 0.0712. The Hall–Kier alpha value is -1.79. The summed E-state index contributed by atoms with van der Waals surface area (Å²) in [4.78, 5) is 15.0. The van der Waals surface area contributed by atoms with E-state index >= 15 is 0 Å². The molecule has 1 aliphatic heterocycles. The molecule has 3 atom stereocenters. The summed E-state index contributed by atoms with van der Waals surface area (Å²) < 4.78 is 0. The third-order valence-electron chi connectivity index (χ3n) is 5.20. The van der Waals surface area contributed by atoms with Gasteiger partial charge in [-0.05, 0) is 55.7 Å². The first-order valence-electron chi connectivity index (χ1n) is 8.30. The Bertz CT molecular complexity index is 680. The zero-order valence-corrected chi connectivity index (χ0v) is 13.0. The third-order valence-corrected chi connectivity index (χ3v) is 5.20. The quantitative estimate of drug-likeness (QED) is 0.850. The van der Waals surface area contributed by atoms with Gasteiger partial charge in [-0.25, -0.2) is 0 Å². The number of amides is 1. The number of rotatable bonds is 2. The molecule has 0 radical (unpaired) electrons. The molecular weight excluding hydrogens is 272 g/mol. The Morgan fingerprint density at radius 3 is 2.95 bits per heavy atom. The fraction of sp³-hybridized carbons (Fsp3) is 0.526.